The second-order valence-electron chi connectivity index (χ2n) is 2.63. The molecule has 0 radical (unpaired) electrons. The van der Waals surface area contributed by atoms with Crippen LogP contribution < -0.4 is 0 Å². The third-order valence-electron chi connectivity index (χ3n) is 1.56. The molecule has 0 saturated heterocycles. The highest BCUT2D eigenvalue weighted by Gasteiger charge is 2.04. The average molecular weight is 165 g/mol. The van der Waals surface area contributed by atoms with Gasteiger partial charge in [-0.1, -0.05) is 5.16 Å². The van der Waals surface area contributed by atoms with E-state index in [1.54, 1.807) is 13.1 Å². The predicted molar refractivity (Wildman–Crippen MR) is 45.5 cm³/mol. The molecule has 0 fully saturated rings. The quantitative estimate of drug-likeness (QED) is 0.387. The van der Waals surface area contributed by atoms with Crippen LogP contribution in [0, 0.1) is 13.8 Å². The molecule has 1 heterocycles. The highest BCUT2D eigenvalue weighted by Crippen LogP contribution is 2.03. The van der Waals surface area contributed by atoms with Gasteiger partial charge in [0.1, 0.15) is 11.4 Å². The Morgan fingerprint density at radius 2 is 2.17 bits per heavy atom. The van der Waals surface area contributed by atoms with Crippen molar-refractivity contribution in [2.75, 3.05) is 0 Å². The first kappa shape index (κ1) is 8.64. The fourth-order valence-electron chi connectivity index (χ4n) is 1.00. The molecule has 4 heteroatoms. The second kappa shape index (κ2) is 3.30. The molecule has 1 aromatic heterocycles. The number of oxime groups is 1. The van der Waals surface area contributed by atoms with Crippen molar-refractivity contribution >= 4 is 5.71 Å². The average Bonchev–Trinajstić information content (AvgIpc) is 2.03. The number of hydrogen-bond acceptors (Lipinski definition) is 4. The van der Waals surface area contributed by atoms with Gasteiger partial charge in [0.05, 0.1) is 11.4 Å². The highest BCUT2D eigenvalue weighted by molar-refractivity contribution is 5.97. The molecule has 1 N–H and O–H groups in total. The molecular formula is C8H11N3O. The first-order valence-corrected chi connectivity index (χ1v) is 3.64. The third kappa shape index (κ3) is 1.58. The molecule has 0 atom stereocenters. The van der Waals surface area contributed by atoms with Crippen molar-refractivity contribution in [1.29, 1.82) is 0 Å². The highest BCUT2D eigenvalue weighted by atomic mass is 16.4. The van der Waals surface area contributed by atoms with E-state index in [2.05, 4.69) is 15.1 Å². The van der Waals surface area contributed by atoms with Gasteiger partial charge in [0, 0.05) is 6.20 Å². The molecule has 0 aliphatic heterocycles. The van der Waals surface area contributed by atoms with Crippen LogP contribution in [-0.4, -0.2) is 20.9 Å². The lowest BCUT2D eigenvalue weighted by Gasteiger charge is -2.01. The van der Waals surface area contributed by atoms with E-state index < -0.39 is 0 Å². The van der Waals surface area contributed by atoms with Gasteiger partial charge in [0.25, 0.3) is 0 Å². The Labute approximate surface area is 71.0 Å². The number of aromatic nitrogens is 2. The van der Waals surface area contributed by atoms with E-state index in [0.717, 1.165) is 11.4 Å². The van der Waals surface area contributed by atoms with Crippen molar-refractivity contribution in [3.63, 3.8) is 0 Å². The number of rotatable bonds is 1. The van der Waals surface area contributed by atoms with Gasteiger partial charge in [-0.2, -0.15) is 0 Å². The minimum absolute atomic E-state index is 0.486. The number of aryl methyl sites for hydroxylation is 2. The fraction of sp³-hybridized carbons (Fsp3) is 0.375. The summed E-state index contributed by atoms with van der Waals surface area (Å²) < 4.78 is 0. The van der Waals surface area contributed by atoms with E-state index in [4.69, 9.17) is 5.21 Å². The Hall–Kier alpha value is -1.45. The predicted octanol–water partition coefficient (Wildman–Crippen LogP) is 1.29. The zero-order valence-electron chi connectivity index (χ0n) is 7.37. The molecule has 0 unspecified atom stereocenters. The van der Waals surface area contributed by atoms with E-state index in [1.807, 2.05) is 13.8 Å². The maximum atomic E-state index is 8.50. The van der Waals surface area contributed by atoms with Gasteiger partial charge >= 0.3 is 0 Å². The molecule has 1 aromatic rings. The Kier molecular flexibility index (Phi) is 2.38. The standard InChI is InChI=1S/C8H11N3O/c1-5-4-9-8(6(2)10-5)7(3)11-12/h4,12H,1-3H3/b11-7-. The van der Waals surface area contributed by atoms with Crippen LogP contribution in [0.15, 0.2) is 11.4 Å². The first-order valence-electron chi connectivity index (χ1n) is 3.64. The van der Waals surface area contributed by atoms with Crippen molar-refractivity contribution < 1.29 is 5.21 Å². The van der Waals surface area contributed by atoms with E-state index in [1.165, 1.54) is 0 Å². The molecule has 12 heavy (non-hydrogen) atoms. The molecule has 0 spiro atoms. The fourth-order valence-corrected chi connectivity index (χ4v) is 1.00. The molecule has 0 aliphatic rings. The van der Waals surface area contributed by atoms with Crippen LogP contribution in [0.2, 0.25) is 0 Å². The van der Waals surface area contributed by atoms with Crippen LogP contribution in [0.3, 0.4) is 0 Å². The first-order chi connectivity index (χ1) is 5.65. The van der Waals surface area contributed by atoms with Crippen LogP contribution in [-0.2, 0) is 0 Å². The summed E-state index contributed by atoms with van der Waals surface area (Å²) in [4.78, 5) is 8.28. The minimum Gasteiger partial charge on any atom is -0.411 e. The third-order valence-corrected chi connectivity index (χ3v) is 1.56. The molecule has 64 valence electrons. The maximum Gasteiger partial charge on any atom is 0.109 e. The van der Waals surface area contributed by atoms with Gasteiger partial charge < -0.3 is 5.21 Å². The van der Waals surface area contributed by atoms with Crippen molar-refractivity contribution in [1.82, 2.24) is 9.97 Å². The maximum absolute atomic E-state index is 8.50. The molecule has 4 nitrogen and oxygen atoms in total. The molecule has 0 bridgehead atoms. The monoisotopic (exact) mass is 165 g/mol. The lowest BCUT2D eigenvalue weighted by molar-refractivity contribution is 0.319. The van der Waals surface area contributed by atoms with E-state index in [-0.39, 0.29) is 0 Å². The van der Waals surface area contributed by atoms with Crippen LogP contribution in [0.5, 0.6) is 0 Å². The molecule has 0 aliphatic carbocycles. The largest absolute Gasteiger partial charge is 0.411 e. The Morgan fingerprint density at radius 3 is 2.67 bits per heavy atom. The van der Waals surface area contributed by atoms with Crippen LogP contribution in [0.1, 0.15) is 24.0 Å². The normalized spacial score (nSPS) is 11.8. The van der Waals surface area contributed by atoms with Crippen molar-refractivity contribution in [2.45, 2.75) is 20.8 Å². The van der Waals surface area contributed by atoms with E-state index in [9.17, 15) is 0 Å². The summed E-state index contributed by atoms with van der Waals surface area (Å²) in [5, 5.41) is 11.6. The summed E-state index contributed by atoms with van der Waals surface area (Å²) in [6.45, 7) is 5.39. The number of nitrogens with zero attached hydrogens (tertiary/aromatic N) is 3. The van der Waals surface area contributed by atoms with Crippen molar-refractivity contribution in [3.05, 3.63) is 23.3 Å². The lowest BCUT2D eigenvalue weighted by Crippen LogP contribution is -2.04. The molecule has 1 rings (SSSR count). The second-order valence-corrected chi connectivity index (χ2v) is 2.63. The summed E-state index contributed by atoms with van der Waals surface area (Å²) in [5.41, 5.74) is 2.77. The Morgan fingerprint density at radius 1 is 1.50 bits per heavy atom. The Bertz CT molecular complexity index is 320. The summed E-state index contributed by atoms with van der Waals surface area (Å²) in [6.07, 6.45) is 1.65. The van der Waals surface area contributed by atoms with Crippen molar-refractivity contribution in [3.8, 4) is 0 Å². The molecular weight excluding hydrogens is 154 g/mol. The van der Waals surface area contributed by atoms with Gasteiger partial charge in [0.2, 0.25) is 0 Å². The van der Waals surface area contributed by atoms with Crippen LogP contribution in [0.25, 0.3) is 0 Å². The van der Waals surface area contributed by atoms with Gasteiger partial charge in [-0.3, -0.25) is 9.97 Å². The molecule has 0 saturated carbocycles. The van der Waals surface area contributed by atoms with Gasteiger partial charge in [-0.25, -0.2) is 0 Å². The lowest BCUT2D eigenvalue weighted by atomic mass is 10.2. The number of hydrogen-bond donors (Lipinski definition) is 1. The van der Waals surface area contributed by atoms with Crippen LogP contribution >= 0.6 is 0 Å². The molecule has 0 aromatic carbocycles. The van der Waals surface area contributed by atoms with E-state index in [0.29, 0.717) is 11.4 Å². The van der Waals surface area contributed by atoms with Gasteiger partial charge in [-0.15, -0.1) is 0 Å². The zero-order chi connectivity index (χ0) is 9.14. The summed E-state index contributed by atoms with van der Waals surface area (Å²) in [5.74, 6) is 0. The SMILES string of the molecule is C/C(=N/O)c1ncc(C)nc1C. The summed E-state index contributed by atoms with van der Waals surface area (Å²) >= 11 is 0. The zero-order valence-corrected chi connectivity index (χ0v) is 7.37. The topological polar surface area (TPSA) is 58.4 Å². The summed E-state index contributed by atoms with van der Waals surface area (Å²) in [6, 6.07) is 0. The minimum atomic E-state index is 0.486. The van der Waals surface area contributed by atoms with Gasteiger partial charge in [-0.05, 0) is 20.8 Å². The molecule has 0 amide bonds. The van der Waals surface area contributed by atoms with Crippen molar-refractivity contribution in [2.24, 2.45) is 5.16 Å². The van der Waals surface area contributed by atoms with Gasteiger partial charge in [0.15, 0.2) is 0 Å². The Balaban J connectivity index is 3.18. The van der Waals surface area contributed by atoms with E-state index >= 15 is 0 Å². The smallest absolute Gasteiger partial charge is 0.109 e. The van der Waals surface area contributed by atoms with Crippen LogP contribution in [0.4, 0.5) is 0 Å². The summed E-state index contributed by atoms with van der Waals surface area (Å²) in [7, 11) is 0.